The molecule has 0 unspecified atom stereocenters. The Hall–Kier alpha value is -1.29. The van der Waals surface area contributed by atoms with Gasteiger partial charge in [-0.2, -0.15) is 5.26 Å². The Morgan fingerprint density at radius 1 is 1.50 bits per heavy atom. The normalized spacial score (nSPS) is 16.7. The molecule has 0 heterocycles. The van der Waals surface area contributed by atoms with Crippen molar-refractivity contribution in [3.05, 3.63) is 36.0 Å². The summed E-state index contributed by atoms with van der Waals surface area (Å²) in [6.07, 6.45) is 7.48. The van der Waals surface area contributed by atoms with Crippen molar-refractivity contribution in [3.63, 3.8) is 0 Å². The molecule has 0 saturated carbocycles. The molecule has 0 spiro atoms. The van der Waals surface area contributed by atoms with Crippen LogP contribution in [0.1, 0.15) is 12.8 Å². The van der Waals surface area contributed by atoms with Crippen molar-refractivity contribution in [3.8, 4) is 6.07 Å². The Kier molecular flexibility index (Phi) is 2.07. The predicted octanol–water partition coefficient (Wildman–Crippen LogP) is 2.34. The van der Waals surface area contributed by atoms with Gasteiger partial charge in [-0.25, -0.2) is 0 Å². The summed E-state index contributed by atoms with van der Waals surface area (Å²) in [7, 11) is 0. The van der Waals surface area contributed by atoms with E-state index in [0.29, 0.717) is 0 Å². The summed E-state index contributed by atoms with van der Waals surface area (Å²) in [5, 5.41) is 8.48. The Bertz CT molecular complexity index is 238. The molecule has 0 aromatic rings. The second kappa shape index (κ2) is 3.03. The molecular weight excluding hydrogens is 122 g/mol. The molecular formula is C9H9N. The van der Waals surface area contributed by atoms with Crippen molar-refractivity contribution < 1.29 is 0 Å². The maximum absolute atomic E-state index is 8.48. The van der Waals surface area contributed by atoms with Gasteiger partial charge in [0.1, 0.15) is 0 Å². The third-order valence-corrected chi connectivity index (χ3v) is 1.59. The third-order valence-electron chi connectivity index (χ3n) is 1.59. The summed E-state index contributed by atoms with van der Waals surface area (Å²) in [5.41, 5.74) is 2.09. The van der Waals surface area contributed by atoms with Crippen LogP contribution in [0.15, 0.2) is 36.0 Å². The third kappa shape index (κ3) is 1.35. The molecule has 0 bridgehead atoms. The lowest BCUT2D eigenvalue weighted by Gasteiger charge is -2.04. The van der Waals surface area contributed by atoms with Crippen LogP contribution in [0.4, 0.5) is 0 Å². The molecule has 0 fully saturated rings. The number of nitrogens with zero attached hydrogens (tertiary/aromatic N) is 1. The maximum Gasteiger partial charge on any atom is 0.0947 e. The van der Waals surface area contributed by atoms with Gasteiger partial charge in [-0.05, 0) is 24.5 Å². The SMILES string of the molecule is C=CC1=CC=C(C#N)CC1. The van der Waals surface area contributed by atoms with Crippen molar-refractivity contribution in [2.24, 2.45) is 0 Å². The first-order chi connectivity index (χ1) is 4.86. The molecule has 1 nitrogen and oxygen atoms in total. The van der Waals surface area contributed by atoms with Gasteiger partial charge in [-0.3, -0.25) is 0 Å². The molecule has 10 heavy (non-hydrogen) atoms. The lowest BCUT2D eigenvalue weighted by atomic mass is 10.00. The van der Waals surface area contributed by atoms with Gasteiger partial charge in [-0.15, -0.1) is 0 Å². The zero-order valence-electron chi connectivity index (χ0n) is 5.80. The lowest BCUT2D eigenvalue weighted by Crippen LogP contribution is -1.88. The monoisotopic (exact) mass is 131 g/mol. The van der Waals surface area contributed by atoms with Crippen LogP contribution < -0.4 is 0 Å². The summed E-state index contributed by atoms with van der Waals surface area (Å²) in [6, 6.07) is 2.13. The molecule has 1 aliphatic carbocycles. The molecule has 1 aliphatic rings. The number of hydrogen-bond donors (Lipinski definition) is 0. The van der Waals surface area contributed by atoms with Gasteiger partial charge in [0.15, 0.2) is 0 Å². The van der Waals surface area contributed by atoms with Gasteiger partial charge in [0, 0.05) is 5.57 Å². The van der Waals surface area contributed by atoms with E-state index in [9.17, 15) is 0 Å². The van der Waals surface area contributed by atoms with Crippen LogP contribution in [0.3, 0.4) is 0 Å². The minimum atomic E-state index is 0.866. The molecule has 0 aliphatic heterocycles. The highest BCUT2D eigenvalue weighted by molar-refractivity contribution is 5.35. The minimum Gasteiger partial charge on any atom is -0.193 e. The maximum atomic E-state index is 8.48. The molecule has 0 N–H and O–H groups in total. The largest absolute Gasteiger partial charge is 0.193 e. The number of nitriles is 1. The van der Waals surface area contributed by atoms with Crippen LogP contribution in [0.5, 0.6) is 0 Å². The Morgan fingerprint density at radius 3 is 2.70 bits per heavy atom. The lowest BCUT2D eigenvalue weighted by molar-refractivity contribution is 0.956. The van der Waals surface area contributed by atoms with Crippen molar-refractivity contribution in [1.29, 1.82) is 5.26 Å². The molecule has 0 aromatic carbocycles. The average Bonchev–Trinajstić information content (AvgIpc) is 2.05. The standard InChI is InChI=1S/C9H9N/c1-2-8-3-5-9(7-10)6-4-8/h2-3,5H,1,4,6H2. The Labute approximate surface area is 61.0 Å². The van der Waals surface area contributed by atoms with Crippen molar-refractivity contribution in [2.45, 2.75) is 12.8 Å². The van der Waals surface area contributed by atoms with Gasteiger partial charge in [0.2, 0.25) is 0 Å². The van der Waals surface area contributed by atoms with Gasteiger partial charge in [0.25, 0.3) is 0 Å². The smallest absolute Gasteiger partial charge is 0.0947 e. The fourth-order valence-electron chi connectivity index (χ4n) is 0.917. The summed E-state index contributed by atoms with van der Waals surface area (Å²) < 4.78 is 0. The Balaban J connectivity index is 2.76. The molecule has 0 radical (unpaired) electrons. The number of hydrogen-bond acceptors (Lipinski definition) is 1. The van der Waals surface area contributed by atoms with Crippen molar-refractivity contribution in [1.82, 2.24) is 0 Å². The topological polar surface area (TPSA) is 23.8 Å². The van der Waals surface area contributed by atoms with Crippen molar-refractivity contribution >= 4 is 0 Å². The zero-order chi connectivity index (χ0) is 7.40. The molecule has 1 rings (SSSR count). The van der Waals surface area contributed by atoms with E-state index in [-0.39, 0.29) is 0 Å². The van der Waals surface area contributed by atoms with Gasteiger partial charge < -0.3 is 0 Å². The van der Waals surface area contributed by atoms with Crippen LogP contribution in [0, 0.1) is 11.3 Å². The fourth-order valence-corrected chi connectivity index (χ4v) is 0.917. The molecule has 0 aromatic heterocycles. The second-order valence-corrected chi connectivity index (χ2v) is 2.25. The highest BCUT2D eigenvalue weighted by Crippen LogP contribution is 2.17. The van der Waals surface area contributed by atoms with Gasteiger partial charge in [0.05, 0.1) is 6.07 Å². The first kappa shape index (κ1) is 6.82. The van der Waals surface area contributed by atoms with E-state index in [1.807, 2.05) is 18.2 Å². The molecule has 0 saturated heterocycles. The van der Waals surface area contributed by atoms with Crippen LogP contribution in [-0.4, -0.2) is 0 Å². The minimum absolute atomic E-state index is 0.866. The van der Waals surface area contributed by atoms with E-state index < -0.39 is 0 Å². The number of allylic oxidation sites excluding steroid dienone is 5. The second-order valence-electron chi connectivity index (χ2n) is 2.25. The van der Waals surface area contributed by atoms with E-state index in [1.165, 1.54) is 5.57 Å². The van der Waals surface area contributed by atoms with E-state index in [4.69, 9.17) is 5.26 Å². The summed E-state index contributed by atoms with van der Waals surface area (Å²) in [5.74, 6) is 0. The number of rotatable bonds is 1. The Morgan fingerprint density at radius 2 is 2.30 bits per heavy atom. The first-order valence-corrected chi connectivity index (χ1v) is 3.29. The van der Waals surface area contributed by atoms with Crippen LogP contribution in [-0.2, 0) is 0 Å². The molecule has 0 atom stereocenters. The zero-order valence-corrected chi connectivity index (χ0v) is 5.80. The van der Waals surface area contributed by atoms with E-state index >= 15 is 0 Å². The molecule has 0 amide bonds. The molecule has 1 heteroatoms. The predicted molar refractivity (Wildman–Crippen MR) is 41.2 cm³/mol. The summed E-state index contributed by atoms with van der Waals surface area (Å²) in [4.78, 5) is 0. The van der Waals surface area contributed by atoms with Crippen molar-refractivity contribution in [2.75, 3.05) is 0 Å². The van der Waals surface area contributed by atoms with E-state index in [2.05, 4.69) is 12.6 Å². The van der Waals surface area contributed by atoms with Crippen LogP contribution in [0.2, 0.25) is 0 Å². The molecule has 50 valence electrons. The summed E-state index contributed by atoms with van der Waals surface area (Å²) >= 11 is 0. The van der Waals surface area contributed by atoms with E-state index in [0.717, 1.165) is 18.4 Å². The van der Waals surface area contributed by atoms with Crippen LogP contribution >= 0.6 is 0 Å². The highest BCUT2D eigenvalue weighted by atomic mass is 14.2. The fraction of sp³-hybridized carbons (Fsp3) is 0.222. The van der Waals surface area contributed by atoms with Crippen LogP contribution in [0.25, 0.3) is 0 Å². The van der Waals surface area contributed by atoms with Gasteiger partial charge >= 0.3 is 0 Å². The average molecular weight is 131 g/mol. The first-order valence-electron chi connectivity index (χ1n) is 3.29. The summed E-state index contributed by atoms with van der Waals surface area (Å²) in [6.45, 7) is 3.65. The quantitative estimate of drug-likeness (QED) is 0.535. The van der Waals surface area contributed by atoms with E-state index in [1.54, 1.807) is 0 Å². The highest BCUT2D eigenvalue weighted by Gasteiger charge is 2.01. The van der Waals surface area contributed by atoms with Gasteiger partial charge in [-0.1, -0.05) is 18.7 Å².